The summed E-state index contributed by atoms with van der Waals surface area (Å²) in [5.41, 5.74) is -0.339. The van der Waals surface area contributed by atoms with Gasteiger partial charge in [-0.05, 0) is 27.2 Å². The smallest absolute Gasteiger partial charge is 0.318 e. The van der Waals surface area contributed by atoms with Crippen LogP contribution in [0.1, 0.15) is 27.2 Å². The van der Waals surface area contributed by atoms with E-state index in [1.807, 2.05) is 13.8 Å². The Morgan fingerprint density at radius 1 is 1.57 bits per heavy atom. The summed E-state index contributed by atoms with van der Waals surface area (Å²) < 4.78 is 16.6. The van der Waals surface area contributed by atoms with Crippen LogP contribution in [0.15, 0.2) is 0 Å². The molecule has 0 aromatic heterocycles. The third-order valence-electron chi connectivity index (χ3n) is 2.20. The van der Waals surface area contributed by atoms with E-state index in [0.717, 1.165) is 0 Å². The second kappa shape index (κ2) is 5.46. The van der Waals surface area contributed by atoms with Crippen LogP contribution < -0.4 is 0 Å². The molecule has 0 rings (SSSR count). The van der Waals surface area contributed by atoms with Crippen LogP contribution in [0.25, 0.3) is 0 Å². The molecule has 0 radical (unpaired) electrons. The summed E-state index contributed by atoms with van der Waals surface area (Å²) in [5, 5.41) is 7.81. The number of carboxylic acids is 1. The second-order valence-electron chi connectivity index (χ2n) is 3.78. The monoisotopic (exact) mass is 222 g/mol. The molecule has 0 saturated heterocycles. The number of rotatable bonds is 6. The lowest BCUT2D eigenvalue weighted by Crippen LogP contribution is -2.29. The SMILES string of the molecule is COC(C)(C)CCS(=O)C(C)C(=O)O. The molecule has 0 spiro atoms. The van der Waals surface area contributed by atoms with Crippen LogP contribution in [0, 0.1) is 0 Å². The lowest BCUT2D eigenvalue weighted by atomic mass is 10.1. The van der Waals surface area contributed by atoms with Gasteiger partial charge in [-0.1, -0.05) is 0 Å². The van der Waals surface area contributed by atoms with Gasteiger partial charge in [0.15, 0.2) is 0 Å². The van der Waals surface area contributed by atoms with Crippen LogP contribution in [0.5, 0.6) is 0 Å². The van der Waals surface area contributed by atoms with Crippen LogP contribution in [-0.4, -0.2) is 39.0 Å². The summed E-state index contributed by atoms with van der Waals surface area (Å²) in [6.07, 6.45) is 0.591. The maximum atomic E-state index is 11.4. The fourth-order valence-electron chi connectivity index (χ4n) is 0.738. The van der Waals surface area contributed by atoms with Gasteiger partial charge in [-0.15, -0.1) is 0 Å². The van der Waals surface area contributed by atoms with E-state index in [1.54, 1.807) is 7.11 Å². The van der Waals surface area contributed by atoms with E-state index >= 15 is 0 Å². The van der Waals surface area contributed by atoms with E-state index in [2.05, 4.69) is 0 Å². The van der Waals surface area contributed by atoms with Gasteiger partial charge in [0, 0.05) is 23.7 Å². The van der Waals surface area contributed by atoms with E-state index in [-0.39, 0.29) is 5.60 Å². The first-order chi connectivity index (χ1) is 6.30. The van der Waals surface area contributed by atoms with Crippen molar-refractivity contribution < 1.29 is 18.8 Å². The minimum Gasteiger partial charge on any atom is -0.480 e. The molecule has 0 aliphatic rings. The molecule has 0 aliphatic heterocycles. The highest BCUT2D eigenvalue weighted by molar-refractivity contribution is 7.86. The van der Waals surface area contributed by atoms with Gasteiger partial charge in [-0.3, -0.25) is 9.00 Å². The maximum absolute atomic E-state index is 11.4. The molecule has 5 heteroatoms. The van der Waals surface area contributed by atoms with Gasteiger partial charge in [0.2, 0.25) is 0 Å². The first-order valence-corrected chi connectivity index (χ1v) is 5.83. The van der Waals surface area contributed by atoms with Crippen LogP contribution in [0.2, 0.25) is 0 Å². The molecule has 84 valence electrons. The van der Waals surface area contributed by atoms with Crippen molar-refractivity contribution in [2.24, 2.45) is 0 Å². The first-order valence-electron chi connectivity index (χ1n) is 4.45. The average molecular weight is 222 g/mol. The van der Waals surface area contributed by atoms with Gasteiger partial charge in [-0.2, -0.15) is 0 Å². The van der Waals surface area contributed by atoms with Crippen molar-refractivity contribution in [2.45, 2.75) is 38.0 Å². The normalized spacial score (nSPS) is 16.3. The van der Waals surface area contributed by atoms with Crippen LogP contribution in [-0.2, 0) is 20.3 Å². The maximum Gasteiger partial charge on any atom is 0.318 e. The Kier molecular flexibility index (Phi) is 5.29. The first kappa shape index (κ1) is 13.6. The molecule has 0 fully saturated rings. The number of carboxylic acid groups (broad SMARTS) is 1. The van der Waals surface area contributed by atoms with E-state index in [0.29, 0.717) is 12.2 Å². The predicted molar refractivity (Wildman–Crippen MR) is 55.8 cm³/mol. The third kappa shape index (κ3) is 4.72. The molecule has 2 unspecified atom stereocenters. The fraction of sp³-hybridized carbons (Fsp3) is 0.889. The molecule has 0 aliphatic carbocycles. The Morgan fingerprint density at radius 2 is 2.07 bits per heavy atom. The molecule has 1 N–H and O–H groups in total. The average Bonchev–Trinajstić information content (AvgIpc) is 2.13. The van der Waals surface area contributed by atoms with Crippen LogP contribution in [0.4, 0.5) is 0 Å². The fourth-order valence-corrected chi connectivity index (χ4v) is 2.01. The largest absolute Gasteiger partial charge is 0.480 e. The number of aliphatic carboxylic acids is 1. The second-order valence-corrected chi connectivity index (χ2v) is 5.66. The number of hydrogen-bond acceptors (Lipinski definition) is 3. The van der Waals surface area contributed by atoms with Gasteiger partial charge in [-0.25, -0.2) is 0 Å². The van der Waals surface area contributed by atoms with Crippen molar-refractivity contribution in [3.05, 3.63) is 0 Å². The van der Waals surface area contributed by atoms with Gasteiger partial charge < -0.3 is 9.84 Å². The number of ether oxygens (including phenoxy) is 1. The minimum atomic E-state index is -1.32. The molecule has 0 bridgehead atoms. The van der Waals surface area contributed by atoms with Crippen LogP contribution in [0.3, 0.4) is 0 Å². The van der Waals surface area contributed by atoms with Gasteiger partial charge in [0.05, 0.1) is 5.60 Å². The Labute approximate surface area is 87.1 Å². The Hall–Kier alpha value is -0.420. The van der Waals surface area contributed by atoms with E-state index in [4.69, 9.17) is 9.84 Å². The van der Waals surface area contributed by atoms with Crippen molar-refractivity contribution >= 4 is 16.8 Å². The highest BCUT2D eigenvalue weighted by Crippen LogP contribution is 2.14. The molecular formula is C9H18O4S. The standard InChI is InChI=1S/C9H18O4S/c1-7(8(10)11)14(12)6-5-9(2,3)13-4/h7H,5-6H2,1-4H3,(H,10,11). The van der Waals surface area contributed by atoms with E-state index in [9.17, 15) is 9.00 Å². The van der Waals surface area contributed by atoms with Gasteiger partial charge in [0.25, 0.3) is 0 Å². The summed E-state index contributed by atoms with van der Waals surface area (Å²) in [6, 6.07) is 0. The molecule has 14 heavy (non-hydrogen) atoms. The van der Waals surface area contributed by atoms with Crippen molar-refractivity contribution in [3.63, 3.8) is 0 Å². The predicted octanol–water partition coefficient (Wildman–Crippen LogP) is 1.02. The molecule has 0 aromatic rings. The van der Waals surface area contributed by atoms with Crippen molar-refractivity contribution in [2.75, 3.05) is 12.9 Å². The molecule has 0 saturated carbocycles. The van der Waals surface area contributed by atoms with Crippen molar-refractivity contribution in [1.82, 2.24) is 0 Å². The Balaban J connectivity index is 4.03. The zero-order chi connectivity index (χ0) is 11.4. The van der Waals surface area contributed by atoms with Crippen molar-refractivity contribution in [3.8, 4) is 0 Å². The van der Waals surface area contributed by atoms with E-state index < -0.39 is 22.0 Å². The highest BCUT2D eigenvalue weighted by Gasteiger charge is 2.23. The Bertz CT molecular complexity index is 225. The topological polar surface area (TPSA) is 63.6 Å². The molecule has 2 atom stereocenters. The summed E-state index contributed by atoms with van der Waals surface area (Å²) in [4.78, 5) is 10.5. The third-order valence-corrected chi connectivity index (χ3v) is 3.80. The zero-order valence-electron chi connectivity index (χ0n) is 9.07. The number of carbonyl (C=O) groups is 1. The van der Waals surface area contributed by atoms with Gasteiger partial charge >= 0.3 is 5.97 Å². The molecular weight excluding hydrogens is 204 g/mol. The minimum absolute atomic E-state index is 0.339. The summed E-state index contributed by atoms with van der Waals surface area (Å²) in [6.45, 7) is 5.23. The zero-order valence-corrected chi connectivity index (χ0v) is 9.89. The number of methoxy groups -OCH3 is 1. The van der Waals surface area contributed by atoms with Crippen LogP contribution >= 0.6 is 0 Å². The summed E-state index contributed by atoms with van der Waals surface area (Å²) in [5.74, 6) is -0.660. The number of hydrogen-bond donors (Lipinski definition) is 1. The summed E-state index contributed by atoms with van der Waals surface area (Å²) in [7, 11) is 0.264. The molecule has 0 amide bonds. The lowest BCUT2D eigenvalue weighted by molar-refractivity contribution is -0.136. The lowest BCUT2D eigenvalue weighted by Gasteiger charge is -2.22. The highest BCUT2D eigenvalue weighted by atomic mass is 32.2. The molecule has 0 aromatic carbocycles. The molecule has 0 heterocycles. The quantitative estimate of drug-likeness (QED) is 0.729. The molecule has 4 nitrogen and oxygen atoms in total. The Morgan fingerprint density at radius 3 is 2.43 bits per heavy atom. The summed E-state index contributed by atoms with van der Waals surface area (Å²) >= 11 is 0. The van der Waals surface area contributed by atoms with E-state index in [1.165, 1.54) is 6.92 Å². The van der Waals surface area contributed by atoms with Crippen molar-refractivity contribution in [1.29, 1.82) is 0 Å². The van der Waals surface area contributed by atoms with Gasteiger partial charge in [0.1, 0.15) is 5.25 Å².